The smallest absolute Gasteiger partial charge is 0.338 e. The molecule has 6 heteroatoms. The van der Waals surface area contributed by atoms with Gasteiger partial charge >= 0.3 is 5.97 Å². The van der Waals surface area contributed by atoms with E-state index in [1.807, 2.05) is 0 Å². The first-order chi connectivity index (χ1) is 13.1. The van der Waals surface area contributed by atoms with Gasteiger partial charge in [-0.2, -0.15) is 0 Å². The Morgan fingerprint density at radius 3 is 2.19 bits per heavy atom. The fourth-order valence-corrected chi connectivity index (χ4v) is 5.84. The number of hydrogen-bond donors (Lipinski definition) is 2. The maximum atomic E-state index is 13.3. The number of carbonyl (C=O) groups excluding carboxylic acids is 3. The van der Waals surface area contributed by atoms with Crippen LogP contribution in [0.4, 0.5) is 5.69 Å². The molecule has 2 N–H and O–H groups in total. The van der Waals surface area contributed by atoms with Gasteiger partial charge in [-0.05, 0) is 87.0 Å². The van der Waals surface area contributed by atoms with Crippen molar-refractivity contribution < 1.29 is 19.1 Å². The number of ether oxygens (including phenoxy) is 1. The number of amides is 2. The lowest BCUT2D eigenvalue weighted by atomic mass is 9.48. The molecule has 0 spiro atoms. The third kappa shape index (κ3) is 3.01. The van der Waals surface area contributed by atoms with E-state index in [0.717, 1.165) is 25.7 Å². The first kappa shape index (κ1) is 18.0. The molecular weight excluding hydrogens is 344 g/mol. The van der Waals surface area contributed by atoms with Gasteiger partial charge in [0.2, 0.25) is 6.41 Å². The van der Waals surface area contributed by atoms with Gasteiger partial charge in [0.25, 0.3) is 5.91 Å². The Labute approximate surface area is 159 Å². The molecule has 1 aromatic rings. The van der Waals surface area contributed by atoms with E-state index in [-0.39, 0.29) is 23.7 Å². The highest BCUT2D eigenvalue weighted by atomic mass is 16.5. The highest BCUT2D eigenvalue weighted by Gasteiger charge is 2.61. The van der Waals surface area contributed by atoms with Crippen molar-refractivity contribution in [1.82, 2.24) is 5.32 Å². The van der Waals surface area contributed by atoms with Gasteiger partial charge in [-0.25, -0.2) is 4.79 Å². The van der Waals surface area contributed by atoms with Gasteiger partial charge in [-0.15, -0.1) is 0 Å². The average Bonchev–Trinajstić information content (AvgIpc) is 2.65. The highest BCUT2D eigenvalue weighted by Crippen LogP contribution is 2.58. The number of esters is 1. The van der Waals surface area contributed by atoms with Gasteiger partial charge in [-0.3, -0.25) is 9.59 Å². The Kier molecular flexibility index (Phi) is 4.66. The summed E-state index contributed by atoms with van der Waals surface area (Å²) in [7, 11) is 0. The van der Waals surface area contributed by atoms with Crippen molar-refractivity contribution in [2.24, 2.45) is 23.7 Å². The minimum Gasteiger partial charge on any atom is -0.462 e. The van der Waals surface area contributed by atoms with Crippen LogP contribution in [0.1, 0.15) is 49.4 Å². The van der Waals surface area contributed by atoms with Gasteiger partial charge in [0.15, 0.2) is 0 Å². The zero-order valence-corrected chi connectivity index (χ0v) is 15.6. The lowest BCUT2D eigenvalue weighted by Gasteiger charge is -2.59. The minimum atomic E-state index is -0.811. The van der Waals surface area contributed by atoms with Crippen LogP contribution in [0.5, 0.6) is 0 Å². The molecule has 2 amide bonds. The van der Waals surface area contributed by atoms with Gasteiger partial charge in [0.1, 0.15) is 5.54 Å². The molecule has 4 saturated carbocycles. The van der Waals surface area contributed by atoms with E-state index in [0.29, 0.717) is 36.1 Å². The number of rotatable bonds is 6. The summed E-state index contributed by atoms with van der Waals surface area (Å²) in [6, 6.07) is 6.69. The molecule has 4 aliphatic carbocycles. The van der Waals surface area contributed by atoms with E-state index < -0.39 is 5.54 Å². The van der Waals surface area contributed by atoms with Crippen LogP contribution in [0, 0.1) is 23.7 Å². The van der Waals surface area contributed by atoms with E-state index in [1.54, 1.807) is 31.2 Å². The fourth-order valence-electron chi connectivity index (χ4n) is 5.84. The molecule has 1 aromatic carbocycles. The summed E-state index contributed by atoms with van der Waals surface area (Å²) in [6.07, 6.45) is 6.03. The Morgan fingerprint density at radius 1 is 1.07 bits per heavy atom. The maximum absolute atomic E-state index is 13.3. The summed E-state index contributed by atoms with van der Waals surface area (Å²) in [6.45, 7) is 2.08. The number of anilines is 1. The minimum absolute atomic E-state index is 0.132. The number of nitrogens with one attached hydrogen (secondary N) is 2. The standard InChI is InChI=1S/C21H26N2O4/c1-2-27-19(25)15-3-5-18(6-4-15)23-20(26)21(22-12-24)16-8-13-7-14(10-16)11-17(21)9-13/h3-6,12-14,16-17H,2,7-11H2,1H3,(H,22,24)(H,23,26). The quantitative estimate of drug-likeness (QED) is 0.596. The molecule has 4 bridgehead atoms. The third-order valence-electron chi connectivity index (χ3n) is 6.75. The largest absolute Gasteiger partial charge is 0.462 e. The second-order valence-corrected chi connectivity index (χ2v) is 8.19. The van der Waals surface area contributed by atoms with Crippen LogP contribution >= 0.6 is 0 Å². The Hall–Kier alpha value is -2.37. The van der Waals surface area contributed by atoms with Gasteiger partial charge in [0.05, 0.1) is 12.2 Å². The first-order valence-corrected chi connectivity index (χ1v) is 9.86. The zero-order chi connectivity index (χ0) is 19.0. The van der Waals surface area contributed by atoms with Crippen molar-refractivity contribution in [3.8, 4) is 0 Å². The van der Waals surface area contributed by atoms with Crippen molar-refractivity contribution >= 4 is 24.0 Å². The first-order valence-electron chi connectivity index (χ1n) is 9.86. The second kappa shape index (κ2) is 6.98. The van der Waals surface area contributed by atoms with Crippen LogP contribution in [0.2, 0.25) is 0 Å². The molecule has 4 fully saturated rings. The summed E-state index contributed by atoms with van der Waals surface area (Å²) >= 11 is 0. The van der Waals surface area contributed by atoms with Crippen LogP contribution in [0.25, 0.3) is 0 Å². The normalized spacial score (nSPS) is 33.4. The van der Waals surface area contributed by atoms with Crippen LogP contribution in [-0.2, 0) is 14.3 Å². The molecule has 6 nitrogen and oxygen atoms in total. The van der Waals surface area contributed by atoms with E-state index in [1.165, 1.54) is 6.42 Å². The summed E-state index contributed by atoms with van der Waals surface area (Å²) < 4.78 is 4.98. The van der Waals surface area contributed by atoms with Crippen molar-refractivity contribution in [2.75, 3.05) is 11.9 Å². The van der Waals surface area contributed by atoms with Crippen LogP contribution < -0.4 is 10.6 Å². The molecule has 4 aliphatic rings. The Morgan fingerprint density at radius 2 is 1.67 bits per heavy atom. The van der Waals surface area contributed by atoms with Gasteiger partial charge in [0, 0.05) is 5.69 Å². The third-order valence-corrected chi connectivity index (χ3v) is 6.75. The monoisotopic (exact) mass is 370 g/mol. The van der Waals surface area contributed by atoms with Crippen molar-refractivity contribution in [3.63, 3.8) is 0 Å². The summed E-state index contributed by atoms with van der Waals surface area (Å²) in [5, 5.41) is 5.92. The lowest BCUT2D eigenvalue weighted by Crippen LogP contribution is -2.70. The number of carbonyl (C=O) groups is 3. The predicted molar refractivity (Wildman–Crippen MR) is 100 cm³/mol. The van der Waals surface area contributed by atoms with Crippen molar-refractivity contribution in [2.45, 2.75) is 44.6 Å². The molecule has 0 aliphatic heterocycles. The van der Waals surface area contributed by atoms with Crippen LogP contribution in [0.3, 0.4) is 0 Å². The Bertz CT molecular complexity index is 715. The van der Waals surface area contributed by atoms with Crippen molar-refractivity contribution in [3.05, 3.63) is 29.8 Å². The lowest BCUT2D eigenvalue weighted by molar-refractivity contribution is -0.144. The van der Waals surface area contributed by atoms with E-state index >= 15 is 0 Å². The second-order valence-electron chi connectivity index (χ2n) is 8.19. The summed E-state index contributed by atoms with van der Waals surface area (Å²) in [5.41, 5.74) is 0.258. The van der Waals surface area contributed by atoms with Gasteiger partial charge < -0.3 is 15.4 Å². The van der Waals surface area contributed by atoms with E-state index in [4.69, 9.17) is 4.74 Å². The number of hydrogen-bond acceptors (Lipinski definition) is 4. The molecule has 27 heavy (non-hydrogen) atoms. The molecule has 0 atom stereocenters. The fraction of sp³-hybridized carbons (Fsp3) is 0.571. The predicted octanol–water partition coefficient (Wildman–Crippen LogP) is 2.74. The highest BCUT2D eigenvalue weighted by molar-refractivity contribution is 6.00. The summed E-state index contributed by atoms with van der Waals surface area (Å²) in [4.78, 5) is 36.5. The van der Waals surface area contributed by atoms with Crippen molar-refractivity contribution in [1.29, 1.82) is 0 Å². The number of benzene rings is 1. The molecule has 0 heterocycles. The Balaban J connectivity index is 1.53. The molecule has 0 saturated heterocycles. The van der Waals surface area contributed by atoms with Gasteiger partial charge in [-0.1, -0.05) is 0 Å². The topological polar surface area (TPSA) is 84.5 Å². The van der Waals surface area contributed by atoms with E-state index in [9.17, 15) is 14.4 Å². The SMILES string of the molecule is CCOC(=O)c1ccc(NC(=O)C2(NC=O)C3CC4CC(C3)CC2C4)cc1. The molecular formula is C21H26N2O4. The molecule has 144 valence electrons. The zero-order valence-electron chi connectivity index (χ0n) is 15.6. The van der Waals surface area contributed by atoms with Crippen LogP contribution in [0.15, 0.2) is 24.3 Å². The molecule has 5 rings (SSSR count). The molecule has 0 unspecified atom stereocenters. The average molecular weight is 370 g/mol. The van der Waals surface area contributed by atoms with Crippen LogP contribution in [-0.4, -0.2) is 30.4 Å². The summed E-state index contributed by atoms with van der Waals surface area (Å²) in [5.74, 6) is 1.30. The maximum Gasteiger partial charge on any atom is 0.338 e. The van der Waals surface area contributed by atoms with E-state index in [2.05, 4.69) is 10.6 Å². The molecule has 0 aromatic heterocycles. The molecule has 0 radical (unpaired) electrons.